The fourth-order valence-electron chi connectivity index (χ4n) is 5.75. The van der Waals surface area contributed by atoms with Crippen molar-refractivity contribution < 1.29 is 14.3 Å². The normalized spacial score (nSPS) is 20.6. The van der Waals surface area contributed by atoms with E-state index < -0.39 is 5.91 Å². The first-order valence-electron chi connectivity index (χ1n) is 13.3. The van der Waals surface area contributed by atoms with Crippen LogP contribution in [0.3, 0.4) is 0 Å². The van der Waals surface area contributed by atoms with Crippen LogP contribution in [0.2, 0.25) is 0 Å². The second kappa shape index (κ2) is 10.1. The van der Waals surface area contributed by atoms with Gasteiger partial charge in [-0.1, -0.05) is 51.1 Å². The molecular formula is C30H36N4O3. The number of nitrogens with one attached hydrogen (secondary N) is 1. The van der Waals surface area contributed by atoms with Crippen LogP contribution in [0.4, 0.5) is 5.69 Å². The summed E-state index contributed by atoms with van der Waals surface area (Å²) in [6, 6.07) is 15.8. The standard InChI is InChI=1S/C30H36N4O3/c1-4-22-28-25(16-30(2,3)17-26(28)35)34(33-22)20-13-14-21(29(31)36)24(15-20)32-23-11-8-12-27(23)37-18-19-9-6-5-7-10-19/h5-7,9-10,13-15,23,27,32H,4,8,11-12,16-18H2,1-3H3,(H2,31,36)/t23-,27-/m0/s1. The molecule has 1 amide bonds. The van der Waals surface area contributed by atoms with E-state index in [1.54, 1.807) is 6.07 Å². The number of ketones is 1. The van der Waals surface area contributed by atoms with Crippen molar-refractivity contribution in [1.29, 1.82) is 0 Å². The third kappa shape index (κ3) is 5.18. The van der Waals surface area contributed by atoms with Crippen molar-refractivity contribution in [2.45, 2.75) is 78.0 Å². The number of hydrogen-bond donors (Lipinski definition) is 2. The number of fused-ring (bicyclic) bond motifs is 1. The van der Waals surface area contributed by atoms with Crippen molar-refractivity contribution in [3.05, 3.63) is 76.6 Å². The molecule has 0 aliphatic heterocycles. The molecule has 194 valence electrons. The van der Waals surface area contributed by atoms with Crippen LogP contribution < -0.4 is 11.1 Å². The molecule has 0 bridgehead atoms. The van der Waals surface area contributed by atoms with Gasteiger partial charge in [0, 0.05) is 12.1 Å². The van der Waals surface area contributed by atoms with Gasteiger partial charge in [-0.15, -0.1) is 0 Å². The van der Waals surface area contributed by atoms with Crippen LogP contribution >= 0.6 is 0 Å². The number of Topliss-reactive ketones (excluding diaryl/α,β-unsaturated/α-hetero) is 1. The molecule has 2 aliphatic rings. The first-order valence-corrected chi connectivity index (χ1v) is 13.3. The van der Waals surface area contributed by atoms with Crippen LogP contribution in [0.1, 0.15) is 84.1 Å². The highest BCUT2D eigenvalue weighted by Gasteiger charge is 2.36. The molecule has 0 unspecified atom stereocenters. The summed E-state index contributed by atoms with van der Waals surface area (Å²) in [6.45, 7) is 6.82. The van der Waals surface area contributed by atoms with Gasteiger partial charge in [0.15, 0.2) is 5.78 Å². The molecule has 0 spiro atoms. The molecule has 7 heteroatoms. The van der Waals surface area contributed by atoms with E-state index in [9.17, 15) is 9.59 Å². The smallest absolute Gasteiger partial charge is 0.250 e. The lowest BCUT2D eigenvalue weighted by atomic mass is 9.75. The maximum Gasteiger partial charge on any atom is 0.250 e. The number of carbonyl (C=O) groups excluding carboxylic acids is 2. The molecule has 2 aromatic carbocycles. The van der Waals surface area contributed by atoms with Gasteiger partial charge in [-0.2, -0.15) is 5.10 Å². The Kier molecular flexibility index (Phi) is 6.90. The Hall–Kier alpha value is -3.45. The fourth-order valence-corrected chi connectivity index (χ4v) is 5.75. The highest BCUT2D eigenvalue weighted by molar-refractivity contribution is 6.00. The second-order valence-electron chi connectivity index (χ2n) is 11.1. The number of nitrogens with zero attached hydrogens (tertiary/aromatic N) is 2. The van der Waals surface area contributed by atoms with Gasteiger partial charge in [0.1, 0.15) is 0 Å². The van der Waals surface area contributed by atoms with E-state index in [1.165, 1.54) is 0 Å². The molecule has 5 rings (SSSR count). The Labute approximate surface area is 218 Å². The van der Waals surface area contributed by atoms with Crippen LogP contribution in [-0.4, -0.2) is 33.6 Å². The monoisotopic (exact) mass is 500 g/mol. The molecule has 3 N–H and O–H groups in total. The summed E-state index contributed by atoms with van der Waals surface area (Å²) in [6.07, 6.45) is 4.97. The number of aromatic nitrogens is 2. The zero-order valence-corrected chi connectivity index (χ0v) is 21.9. The molecule has 1 heterocycles. The number of benzene rings is 2. The van der Waals surface area contributed by atoms with Gasteiger partial charge in [-0.25, -0.2) is 4.68 Å². The number of hydrogen-bond acceptors (Lipinski definition) is 5. The summed E-state index contributed by atoms with van der Waals surface area (Å²) in [5, 5.41) is 8.43. The Morgan fingerprint density at radius 3 is 2.68 bits per heavy atom. The third-order valence-corrected chi connectivity index (χ3v) is 7.57. The van der Waals surface area contributed by atoms with Gasteiger partial charge in [0.2, 0.25) is 0 Å². The van der Waals surface area contributed by atoms with Gasteiger partial charge in [-0.3, -0.25) is 9.59 Å². The van der Waals surface area contributed by atoms with Gasteiger partial charge in [0.05, 0.1) is 47.0 Å². The van der Waals surface area contributed by atoms with Crippen molar-refractivity contribution in [3.8, 4) is 5.69 Å². The number of ether oxygens (including phenoxy) is 1. The van der Waals surface area contributed by atoms with Gasteiger partial charge in [0.25, 0.3) is 5.91 Å². The Balaban J connectivity index is 1.45. The van der Waals surface area contributed by atoms with Crippen LogP contribution in [0.5, 0.6) is 0 Å². The molecule has 37 heavy (non-hydrogen) atoms. The molecule has 2 atom stereocenters. The first kappa shape index (κ1) is 25.2. The Morgan fingerprint density at radius 2 is 1.95 bits per heavy atom. The van der Waals surface area contributed by atoms with E-state index in [-0.39, 0.29) is 23.3 Å². The third-order valence-electron chi connectivity index (χ3n) is 7.57. The van der Waals surface area contributed by atoms with Crippen molar-refractivity contribution in [2.24, 2.45) is 11.1 Å². The van der Waals surface area contributed by atoms with E-state index in [4.69, 9.17) is 15.6 Å². The quantitative estimate of drug-likeness (QED) is 0.441. The summed E-state index contributed by atoms with van der Waals surface area (Å²) in [4.78, 5) is 25.4. The molecule has 1 saturated carbocycles. The van der Waals surface area contributed by atoms with Gasteiger partial charge >= 0.3 is 0 Å². The van der Waals surface area contributed by atoms with Crippen molar-refractivity contribution in [1.82, 2.24) is 9.78 Å². The molecule has 0 saturated heterocycles. The minimum atomic E-state index is -0.484. The van der Waals surface area contributed by atoms with Gasteiger partial charge < -0.3 is 15.8 Å². The lowest BCUT2D eigenvalue weighted by Crippen LogP contribution is -2.31. The highest BCUT2D eigenvalue weighted by atomic mass is 16.5. The van der Waals surface area contributed by atoms with E-state index in [2.05, 4.69) is 31.3 Å². The minimum absolute atomic E-state index is 0.0344. The summed E-state index contributed by atoms with van der Waals surface area (Å²) < 4.78 is 8.17. The van der Waals surface area contributed by atoms with Crippen LogP contribution in [0.25, 0.3) is 5.69 Å². The zero-order chi connectivity index (χ0) is 26.2. The van der Waals surface area contributed by atoms with E-state index in [0.29, 0.717) is 30.7 Å². The maximum atomic E-state index is 13.0. The Morgan fingerprint density at radius 1 is 1.16 bits per heavy atom. The predicted octanol–water partition coefficient (Wildman–Crippen LogP) is 5.24. The minimum Gasteiger partial charge on any atom is -0.379 e. The van der Waals surface area contributed by atoms with E-state index in [1.807, 2.05) is 41.9 Å². The molecule has 0 radical (unpaired) electrons. The topological polar surface area (TPSA) is 99.2 Å². The summed E-state index contributed by atoms with van der Waals surface area (Å²) in [5.41, 5.74) is 11.2. The highest BCUT2D eigenvalue weighted by Crippen LogP contribution is 2.38. The maximum absolute atomic E-state index is 13.0. The lowest BCUT2D eigenvalue weighted by molar-refractivity contribution is 0.0394. The molecule has 7 nitrogen and oxygen atoms in total. The van der Waals surface area contributed by atoms with Crippen molar-refractivity contribution >= 4 is 17.4 Å². The number of aryl methyl sites for hydroxylation is 1. The van der Waals surface area contributed by atoms with Crippen molar-refractivity contribution in [2.75, 3.05) is 5.32 Å². The number of amides is 1. The number of carbonyl (C=O) groups is 2. The Bertz CT molecular complexity index is 1310. The fraction of sp³-hybridized carbons (Fsp3) is 0.433. The predicted molar refractivity (Wildman–Crippen MR) is 144 cm³/mol. The molecule has 1 aromatic heterocycles. The second-order valence-corrected chi connectivity index (χ2v) is 11.1. The SMILES string of the molecule is CCc1nn(-c2ccc(C(N)=O)c(N[C@H]3CCC[C@@H]3OCc3ccccc3)c2)c2c1C(=O)CC(C)(C)C2. The van der Waals surface area contributed by atoms with E-state index in [0.717, 1.165) is 53.9 Å². The zero-order valence-electron chi connectivity index (χ0n) is 21.9. The summed E-state index contributed by atoms with van der Waals surface area (Å²) in [7, 11) is 0. The number of primary amides is 1. The number of nitrogens with two attached hydrogens (primary N) is 1. The average molecular weight is 501 g/mol. The number of anilines is 1. The van der Waals surface area contributed by atoms with Crippen LogP contribution in [0, 0.1) is 5.41 Å². The van der Waals surface area contributed by atoms with Crippen molar-refractivity contribution in [3.63, 3.8) is 0 Å². The summed E-state index contributed by atoms with van der Waals surface area (Å²) in [5.74, 6) is -0.326. The molecule has 2 aliphatic carbocycles. The number of rotatable bonds is 8. The van der Waals surface area contributed by atoms with E-state index >= 15 is 0 Å². The van der Waals surface area contributed by atoms with Gasteiger partial charge in [-0.05, 0) is 61.3 Å². The molecular weight excluding hydrogens is 464 g/mol. The van der Waals surface area contributed by atoms with Crippen LogP contribution in [0.15, 0.2) is 48.5 Å². The average Bonchev–Trinajstić information content (AvgIpc) is 3.46. The molecule has 3 aromatic rings. The largest absolute Gasteiger partial charge is 0.379 e. The first-order chi connectivity index (χ1) is 17.8. The summed E-state index contributed by atoms with van der Waals surface area (Å²) >= 11 is 0. The van der Waals surface area contributed by atoms with Crippen LogP contribution in [-0.2, 0) is 24.2 Å². The lowest BCUT2D eigenvalue weighted by Gasteiger charge is -2.29. The molecule has 1 fully saturated rings.